The summed E-state index contributed by atoms with van der Waals surface area (Å²) in [6.07, 6.45) is 4.12. The summed E-state index contributed by atoms with van der Waals surface area (Å²) in [5.41, 5.74) is 1.05. The number of nitrogens with zero attached hydrogens (tertiary/aromatic N) is 2. The van der Waals surface area contributed by atoms with Crippen LogP contribution >= 0.6 is 0 Å². The summed E-state index contributed by atoms with van der Waals surface area (Å²) >= 11 is 0. The fourth-order valence-corrected chi connectivity index (χ4v) is 4.40. The number of rotatable bonds is 6. The maximum absolute atomic E-state index is 14.6. The molecule has 2 aromatic heterocycles. The first-order valence-corrected chi connectivity index (χ1v) is 9.79. The van der Waals surface area contributed by atoms with E-state index in [1.807, 2.05) is 0 Å². The van der Waals surface area contributed by atoms with E-state index in [-0.39, 0.29) is 28.4 Å². The average Bonchev–Trinajstić information content (AvgIpc) is 3.01. The van der Waals surface area contributed by atoms with Crippen molar-refractivity contribution < 1.29 is 21.9 Å². The van der Waals surface area contributed by atoms with Crippen LogP contribution in [0.5, 0.6) is 5.75 Å². The third-order valence-corrected chi connectivity index (χ3v) is 5.79. The van der Waals surface area contributed by atoms with Crippen LogP contribution in [0.1, 0.15) is 11.1 Å². The molecule has 1 N–H and O–H groups in total. The van der Waals surface area contributed by atoms with Gasteiger partial charge in [0.1, 0.15) is 28.0 Å². The Balaban J connectivity index is 2.34. The standard InChI is InChI=1S/C19H19F2N3O3S/c1-12-6-15(10-23-8-12)28(25,26)24-11-13(9-22-2)19(27-3)18(24)16-5-4-14(20)7-17(16)21/h4-8,10-11,22H,9H2,1-3H3. The van der Waals surface area contributed by atoms with Gasteiger partial charge in [0.25, 0.3) is 10.0 Å². The number of pyridine rings is 1. The first-order valence-electron chi connectivity index (χ1n) is 8.35. The summed E-state index contributed by atoms with van der Waals surface area (Å²) < 4.78 is 60.9. The van der Waals surface area contributed by atoms with Crippen molar-refractivity contribution in [2.75, 3.05) is 14.2 Å². The van der Waals surface area contributed by atoms with Crippen LogP contribution in [-0.2, 0) is 16.6 Å². The van der Waals surface area contributed by atoms with E-state index < -0.39 is 21.7 Å². The van der Waals surface area contributed by atoms with Gasteiger partial charge in [-0.25, -0.2) is 21.2 Å². The maximum Gasteiger partial charge on any atom is 0.269 e. The lowest BCUT2D eigenvalue weighted by atomic mass is 10.1. The fourth-order valence-electron chi connectivity index (χ4n) is 2.95. The van der Waals surface area contributed by atoms with E-state index >= 15 is 0 Å². The Bertz CT molecular complexity index is 1130. The molecule has 0 aliphatic carbocycles. The van der Waals surface area contributed by atoms with Gasteiger partial charge in [0, 0.05) is 42.3 Å². The smallest absolute Gasteiger partial charge is 0.269 e. The van der Waals surface area contributed by atoms with Crippen molar-refractivity contribution in [2.24, 2.45) is 0 Å². The van der Waals surface area contributed by atoms with Crippen molar-refractivity contribution in [2.45, 2.75) is 18.4 Å². The summed E-state index contributed by atoms with van der Waals surface area (Å²) in [4.78, 5) is 3.88. The Morgan fingerprint density at radius 1 is 1.21 bits per heavy atom. The van der Waals surface area contributed by atoms with Crippen molar-refractivity contribution in [1.82, 2.24) is 14.3 Å². The van der Waals surface area contributed by atoms with E-state index in [2.05, 4.69) is 10.3 Å². The number of aryl methyl sites for hydroxylation is 1. The molecule has 0 bridgehead atoms. The fraction of sp³-hybridized carbons (Fsp3) is 0.211. The highest BCUT2D eigenvalue weighted by atomic mass is 32.2. The van der Waals surface area contributed by atoms with Crippen molar-refractivity contribution in [1.29, 1.82) is 0 Å². The van der Waals surface area contributed by atoms with Gasteiger partial charge in [0.05, 0.1) is 7.11 Å². The Kier molecular flexibility index (Phi) is 5.48. The number of hydrogen-bond acceptors (Lipinski definition) is 5. The molecule has 0 fully saturated rings. The summed E-state index contributed by atoms with van der Waals surface area (Å²) in [7, 11) is -1.06. The Labute approximate surface area is 161 Å². The molecule has 28 heavy (non-hydrogen) atoms. The van der Waals surface area contributed by atoms with Crippen molar-refractivity contribution in [3.05, 3.63) is 65.6 Å². The van der Waals surface area contributed by atoms with Crippen LogP contribution < -0.4 is 10.1 Å². The highest BCUT2D eigenvalue weighted by Gasteiger charge is 2.28. The molecular formula is C19H19F2N3O3S. The number of methoxy groups -OCH3 is 1. The highest BCUT2D eigenvalue weighted by molar-refractivity contribution is 7.90. The Morgan fingerprint density at radius 3 is 2.57 bits per heavy atom. The predicted molar refractivity (Wildman–Crippen MR) is 101 cm³/mol. The summed E-state index contributed by atoms with van der Waals surface area (Å²) in [5.74, 6) is -1.48. The summed E-state index contributed by atoms with van der Waals surface area (Å²) in [5, 5.41) is 2.92. The zero-order valence-electron chi connectivity index (χ0n) is 15.5. The van der Waals surface area contributed by atoms with Crippen LogP contribution in [0, 0.1) is 18.6 Å². The molecule has 9 heteroatoms. The molecule has 0 saturated carbocycles. The van der Waals surface area contributed by atoms with Crippen molar-refractivity contribution in [3.8, 4) is 17.0 Å². The molecular weight excluding hydrogens is 388 g/mol. The molecule has 148 valence electrons. The quantitative estimate of drug-likeness (QED) is 0.680. The van der Waals surface area contributed by atoms with Crippen LogP contribution in [0.4, 0.5) is 8.78 Å². The Hall–Kier alpha value is -2.78. The number of benzene rings is 1. The van der Waals surface area contributed by atoms with Gasteiger partial charge >= 0.3 is 0 Å². The number of nitrogens with one attached hydrogen (secondary N) is 1. The van der Waals surface area contributed by atoms with Gasteiger partial charge in [-0.05, 0) is 37.7 Å². The van der Waals surface area contributed by atoms with Gasteiger partial charge in [0.15, 0.2) is 0 Å². The van der Waals surface area contributed by atoms with Gasteiger partial charge in [-0.15, -0.1) is 0 Å². The third-order valence-electron chi connectivity index (χ3n) is 4.16. The van der Waals surface area contributed by atoms with Gasteiger partial charge in [-0.1, -0.05) is 0 Å². The van der Waals surface area contributed by atoms with Crippen LogP contribution in [0.3, 0.4) is 0 Å². The minimum absolute atomic E-state index is 0.0215. The lowest BCUT2D eigenvalue weighted by Gasteiger charge is -2.13. The number of halogens is 2. The molecule has 0 unspecified atom stereocenters. The average molecular weight is 407 g/mol. The molecule has 0 aliphatic heterocycles. The molecule has 3 aromatic rings. The van der Waals surface area contributed by atoms with Crippen molar-refractivity contribution >= 4 is 10.0 Å². The second kappa shape index (κ2) is 7.69. The third kappa shape index (κ3) is 3.50. The van der Waals surface area contributed by atoms with Crippen LogP contribution in [0.25, 0.3) is 11.3 Å². The largest absolute Gasteiger partial charge is 0.494 e. The topological polar surface area (TPSA) is 73.2 Å². The number of aromatic nitrogens is 2. The van der Waals surface area contributed by atoms with E-state index in [4.69, 9.17) is 4.74 Å². The molecule has 3 rings (SSSR count). The second-order valence-electron chi connectivity index (χ2n) is 6.19. The predicted octanol–water partition coefficient (Wildman–Crippen LogP) is 3.10. The SMILES string of the molecule is CNCc1cn(S(=O)(=O)c2cncc(C)c2)c(-c2ccc(F)cc2F)c1OC. The maximum atomic E-state index is 14.6. The zero-order chi connectivity index (χ0) is 20.5. The molecule has 0 aliphatic rings. The zero-order valence-corrected chi connectivity index (χ0v) is 16.3. The molecule has 0 atom stereocenters. The molecule has 6 nitrogen and oxygen atoms in total. The molecule has 2 heterocycles. The van der Waals surface area contributed by atoms with E-state index in [1.165, 1.54) is 37.8 Å². The van der Waals surface area contributed by atoms with Gasteiger partial charge in [-0.2, -0.15) is 0 Å². The lowest BCUT2D eigenvalue weighted by Crippen LogP contribution is -2.14. The van der Waals surface area contributed by atoms with Crippen molar-refractivity contribution in [3.63, 3.8) is 0 Å². The molecule has 0 saturated heterocycles. The normalized spacial score (nSPS) is 11.6. The van der Waals surface area contributed by atoms with Gasteiger partial charge < -0.3 is 10.1 Å². The molecule has 0 spiro atoms. The van der Waals surface area contributed by atoms with E-state index in [0.29, 0.717) is 17.2 Å². The summed E-state index contributed by atoms with van der Waals surface area (Å²) in [6, 6.07) is 4.42. The molecule has 0 amide bonds. The second-order valence-corrected chi connectivity index (χ2v) is 8.00. The van der Waals surface area contributed by atoms with Crippen LogP contribution in [0.15, 0.2) is 47.8 Å². The molecule has 1 aromatic carbocycles. The molecule has 0 radical (unpaired) electrons. The first-order chi connectivity index (χ1) is 13.3. The summed E-state index contributed by atoms with van der Waals surface area (Å²) in [6.45, 7) is 2.00. The van der Waals surface area contributed by atoms with Crippen LogP contribution in [0.2, 0.25) is 0 Å². The Morgan fingerprint density at radius 2 is 1.96 bits per heavy atom. The van der Waals surface area contributed by atoms with E-state index in [9.17, 15) is 17.2 Å². The van der Waals surface area contributed by atoms with E-state index in [0.717, 1.165) is 10.0 Å². The highest BCUT2D eigenvalue weighted by Crippen LogP contribution is 2.39. The minimum atomic E-state index is -4.11. The minimum Gasteiger partial charge on any atom is -0.494 e. The van der Waals surface area contributed by atoms with E-state index in [1.54, 1.807) is 14.0 Å². The lowest BCUT2D eigenvalue weighted by molar-refractivity contribution is 0.411. The van der Waals surface area contributed by atoms with Crippen LogP contribution in [-0.4, -0.2) is 31.5 Å². The number of ether oxygens (including phenoxy) is 1. The monoisotopic (exact) mass is 407 g/mol. The number of hydrogen-bond donors (Lipinski definition) is 1. The van der Waals surface area contributed by atoms with Gasteiger partial charge in [0.2, 0.25) is 0 Å². The first kappa shape index (κ1) is 20.0. The van der Waals surface area contributed by atoms with Gasteiger partial charge in [-0.3, -0.25) is 4.98 Å².